The Balaban J connectivity index is 1.52. The molecule has 1 N–H and O–H groups in total. The van der Waals surface area contributed by atoms with E-state index in [1.54, 1.807) is 18.2 Å². The predicted molar refractivity (Wildman–Crippen MR) is 99.4 cm³/mol. The van der Waals surface area contributed by atoms with Crippen LogP contribution in [0.5, 0.6) is 5.75 Å². The average Bonchev–Trinajstić information content (AvgIpc) is 2.81. The summed E-state index contributed by atoms with van der Waals surface area (Å²) in [6.07, 6.45) is 4.54. The molecule has 1 aliphatic carbocycles. The van der Waals surface area contributed by atoms with Crippen molar-refractivity contribution in [2.45, 2.75) is 45.1 Å². The van der Waals surface area contributed by atoms with Gasteiger partial charge >= 0.3 is 5.97 Å². The molecule has 27 heavy (non-hydrogen) atoms. The molecule has 0 radical (unpaired) electrons. The van der Waals surface area contributed by atoms with E-state index in [0.717, 1.165) is 19.3 Å². The second-order valence-corrected chi connectivity index (χ2v) is 7.14. The number of amides is 2. The highest BCUT2D eigenvalue weighted by Crippen LogP contribution is 2.30. The van der Waals surface area contributed by atoms with Crippen LogP contribution in [-0.4, -0.2) is 43.6 Å². The van der Waals surface area contributed by atoms with Gasteiger partial charge in [0.1, 0.15) is 12.3 Å². The van der Waals surface area contributed by atoms with Crippen molar-refractivity contribution in [2.24, 2.45) is 5.92 Å². The highest BCUT2D eigenvalue weighted by Gasteiger charge is 2.26. The maximum absolute atomic E-state index is 12.3. The number of hydrogen-bond acceptors (Lipinski definition) is 5. The van der Waals surface area contributed by atoms with Gasteiger partial charge in [0.25, 0.3) is 5.91 Å². The minimum atomic E-state index is -0.619. The lowest BCUT2D eigenvalue weighted by Crippen LogP contribution is -2.43. The van der Waals surface area contributed by atoms with Crippen LogP contribution in [0.4, 0.5) is 5.69 Å². The van der Waals surface area contributed by atoms with Crippen LogP contribution in [0.15, 0.2) is 24.3 Å². The molecule has 1 aromatic carbocycles. The predicted octanol–water partition coefficient (Wildman–Crippen LogP) is 2.04. The van der Waals surface area contributed by atoms with E-state index in [9.17, 15) is 14.4 Å². The third-order valence-electron chi connectivity index (χ3n) is 5.14. The molecule has 0 bridgehead atoms. The fourth-order valence-electron chi connectivity index (χ4n) is 3.59. The number of benzene rings is 1. The third kappa shape index (κ3) is 4.99. The first kappa shape index (κ1) is 19.2. The lowest BCUT2D eigenvalue weighted by Gasteiger charge is -2.29. The molecule has 0 aromatic heterocycles. The summed E-state index contributed by atoms with van der Waals surface area (Å²) in [5.74, 6) is -0.137. The quantitative estimate of drug-likeness (QED) is 0.798. The number of hydrogen-bond donors (Lipinski definition) is 1. The number of nitrogens with zero attached hydrogens (tertiary/aromatic N) is 1. The summed E-state index contributed by atoms with van der Waals surface area (Å²) in [4.78, 5) is 37.9. The summed E-state index contributed by atoms with van der Waals surface area (Å²) in [7, 11) is 0. The maximum Gasteiger partial charge on any atom is 0.326 e. The normalized spacial score (nSPS) is 22.3. The minimum absolute atomic E-state index is 0.140. The van der Waals surface area contributed by atoms with E-state index in [4.69, 9.17) is 9.47 Å². The van der Waals surface area contributed by atoms with E-state index in [1.165, 1.54) is 11.3 Å². The summed E-state index contributed by atoms with van der Waals surface area (Å²) < 4.78 is 10.6. The molecule has 1 heterocycles. The summed E-state index contributed by atoms with van der Waals surface area (Å²) in [5, 5.41) is 2.95. The van der Waals surface area contributed by atoms with Crippen LogP contribution in [0.1, 0.15) is 39.0 Å². The fourth-order valence-corrected chi connectivity index (χ4v) is 3.59. The topological polar surface area (TPSA) is 84.9 Å². The van der Waals surface area contributed by atoms with Gasteiger partial charge in [0.15, 0.2) is 6.61 Å². The van der Waals surface area contributed by atoms with E-state index in [-0.39, 0.29) is 44.0 Å². The molecule has 0 saturated heterocycles. The molecule has 1 aliphatic heterocycles. The van der Waals surface area contributed by atoms with E-state index in [0.29, 0.717) is 17.4 Å². The molecular weight excluding hydrogens is 348 g/mol. The Kier molecular flexibility index (Phi) is 6.32. The highest BCUT2D eigenvalue weighted by atomic mass is 16.5. The van der Waals surface area contributed by atoms with Gasteiger partial charge in [-0.1, -0.05) is 31.9 Å². The lowest BCUT2D eigenvalue weighted by atomic mass is 9.86. The van der Waals surface area contributed by atoms with Gasteiger partial charge in [0.2, 0.25) is 5.91 Å². The number of para-hydroxylation sites is 2. The molecular formula is C20H26N2O5. The first-order chi connectivity index (χ1) is 13.0. The number of esters is 1. The first-order valence-corrected chi connectivity index (χ1v) is 9.52. The van der Waals surface area contributed by atoms with Gasteiger partial charge in [-0.25, -0.2) is 0 Å². The molecule has 2 amide bonds. The Labute approximate surface area is 159 Å². The van der Waals surface area contributed by atoms with Gasteiger partial charge in [0.05, 0.1) is 18.7 Å². The van der Waals surface area contributed by atoms with Crippen LogP contribution in [-0.2, 0) is 19.1 Å². The summed E-state index contributed by atoms with van der Waals surface area (Å²) >= 11 is 0. The van der Waals surface area contributed by atoms with E-state index < -0.39 is 5.97 Å². The first-order valence-electron chi connectivity index (χ1n) is 9.52. The van der Waals surface area contributed by atoms with Gasteiger partial charge in [-0.3, -0.25) is 19.3 Å². The molecule has 0 unspecified atom stereocenters. The Morgan fingerprint density at radius 1 is 1.26 bits per heavy atom. The third-order valence-corrected chi connectivity index (χ3v) is 5.14. The molecule has 1 aromatic rings. The van der Waals surface area contributed by atoms with Gasteiger partial charge in [-0.05, 0) is 30.9 Å². The molecule has 2 atom stereocenters. The Bertz CT molecular complexity index is 705. The number of fused-ring (bicyclic) bond motifs is 1. The highest BCUT2D eigenvalue weighted by molar-refractivity contribution is 5.99. The molecule has 3 rings (SSSR count). The van der Waals surface area contributed by atoms with Crippen LogP contribution in [0.25, 0.3) is 0 Å². The van der Waals surface area contributed by atoms with Crippen LogP contribution < -0.4 is 15.0 Å². The van der Waals surface area contributed by atoms with Crippen LogP contribution >= 0.6 is 0 Å². The fraction of sp³-hybridized carbons (Fsp3) is 0.550. The monoisotopic (exact) mass is 374 g/mol. The smallest absolute Gasteiger partial charge is 0.326 e. The molecule has 146 valence electrons. The number of nitrogens with one attached hydrogen (secondary N) is 1. The van der Waals surface area contributed by atoms with Crippen molar-refractivity contribution in [1.29, 1.82) is 0 Å². The van der Waals surface area contributed by atoms with Crippen molar-refractivity contribution in [3.05, 3.63) is 24.3 Å². The number of carbonyl (C=O) groups is 3. The maximum atomic E-state index is 12.3. The van der Waals surface area contributed by atoms with Gasteiger partial charge in [0, 0.05) is 6.04 Å². The molecule has 7 nitrogen and oxygen atoms in total. The molecule has 0 spiro atoms. The molecule has 2 aliphatic rings. The van der Waals surface area contributed by atoms with E-state index in [2.05, 4.69) is 12.2 Å². The number of carbonyl (C=O) groups excluding carboxylic acids is 3. The largest absolute Gasteiger partial charge is 0.491 e. The van der Waals surface area contributed by atoms with E-state index >= 15 is 0 Å². The number of anilines is 1. The van der Waals surface area contributed by atoms with Crippen molar-refractivity contribution in [1.82, 2.24) is 5.32 Å². The van der Waals surface area contributed by atoms with Crippen LogP contribution in [0.2, 0.25) is 0 Å². The SMILES string of the molecule is C[C@H]1CCCC[C@@H]1NC(=O)COC(=O)CN1C(=O)CCOc2ccccc21. The van der Waals surface area contributed by atoms with Crippen molar-refractivity contribution in [2.75, 3.05) is 24.7 Å². The van der Waals surface area contributed by atoms with Crippen molar-refractivity contribution >= 4 is 23.5 Å². The Morgan fingerprint density at radius 3 is 2.85 bits per heavy atom. The number of ether oxygens (including phenoxy) is 2. The summed E-state index contributed by atoms with van der Waals surface area (Å²) in [5.41, 5.74) is 0.539. The molecule has 7 heteroatoms. The summed E-state index contributed by atoms with van der Waals surface area (Å²) in [6, 6.07) is 7.20. The van der Waals surface area contributed by atoms with Gasteiger partial charge in [-0.15, -0.1) is 0 Å². The zero-order valence-corrected chi connectivity index (χ0v) is 15.6. The molecule has 1 fully saturated rings. The zero-order valence-electron chi connectivity index (χ0n) is 15.6. The minimum Gasteiger partial charge on any atom is -0.491 e. The van der Waals surface area contributed by atoms with Crippen molar-refractivity contribution in [3.63, 3.8) is 0 Å². The number of rotatable bonds is 5. The van der Waals surface area contributed by atoms with Crippen LogP contribution in [0, 0.1) is 5.92 Å². The van der Waals surface area contributed by atoms with Gasteiger partial charge in [-0.2, -0.15) is 0 Å². The Hall–Kier alpha value is -2.57. The Morgan fingerprint density at radius 2 is 2.04 bits per heavy atom. The second-order valence-electron chi connectivity index (χ2n) is 7.14. The summed E-state index contributed by atoms with van der Waals surface area (Å²) in [6.45, 7) is 1.82. The molecule has 1 saturated carbocycles. The van der Waals surface area contributed by atoms with Crippen molar-refractivity contribution in [3.8, 4) is 5.75 Å². The zero-order chi connectivity index (χ0) is 19.2. The standard InChI is InChI=1S/C20H26N2O5/c1-14-6-2-3-7-15(14)21-18(23)13-27-20(25)12-22-16-8-4-5-9-17(16)26-11-10-19(22)24/h4-5,8-9,14-15H,2-3,6-7,10-13H2,1H3,(H,21,23)/t14-,15-/m0/s1. The average molecular weight is 374 g/mol. The second kappa shape index (κ2) is 8.88. The van der Waals surface area contributed by atoms with Crippen molar-refractivity contribution < 1.29 is 23.9 Å². The van der Waals surface area contributed by atoms with Gasteiger partial charge < -0.3 is 14.8 Å². The van der Waals surface area contributed by atoms with E-state index in [1.807, 2.05) is 6.07 Å². The van der Waals surface area contributed by atoms with Crippen LogP contribution in [0.3, 0.4) is 0 Å². The lowest BCUT2D eigenvalue weighted by molar-refractivity contribution is -0.148.